The lowest BCUT2D eigenvalue weighted by Gasteiger charge is -2.20. The number of thiazole rings is 1. The van der Waals surface area contributed by atoms with E-state index in [2.05, 4.69) is 17.1 Å². The van der Waals surface area contributed by atoms with Crippen molar-refractivity contribution in [2.45, 2.75) is 19.3 Å². The van der Waals surface area contributed by atoms with E-state index in [9.17, 15) is 0 Å². The van der Waals surface area contributed by atoms with Gasteiger partial charge < -0.3 is 9.30 Å². The average molecular weight is 430 g/mol. The monoisotopic (exact) mass is 429 g/mol. The lowest BCUT2D eigenvalue weighted by molar-refractivity contribution is 0.0265. The van der Waals surface area contributed by atoms with Crippen molar-refractivity contribution in [3.63, 3.8) is 0 Å². The highest BCUT2D eigenvalue weighted by Crippen LogP contribution is 2.31. The number of aromatic nitrogens is 3. The summed E-state index contributed by atoms with van der Waals surface area (Å²) in [5.74, 6) is 0. The standard InChI is InChI=1S/C21H17Cl2N3OS/c22-16-6-7-18(19(23)10-16)20(11-26-9-8-24-14-26)27-12-17-13-28-21(25-17)15-4-2-1-3-5-15/h1-10,13-14,20H,11-12H2. The summed E-state index contributed by atoms with van der Waals surface area (Å²) in [5, 5.41) is 4.19. The fourth-order valence-electron chi connectivity index (χ4n) is 2.86. The van der Waals surface area contributed by atoms with E-state index in [1.54, 1.807) is 29.9 Å². The van der Waals surface area contributed by atoms with Crippen LogP contribution >= 0.6 is 34.5 Å². The van der Waals surface area contributed by atoms with Crippen molar-refractivity contribution in [1.29, 1.82) is 0 Å². The second-order valence-corrected chi connectivity index (χ2v) is 7.94. The Kier molecular flexibility index (Phi) is 6.07. The van der Waals surface area contributed by atoms with Crippen molar-refractivity contribution in [2.24, 2.45) is 0 Å². The average Bonchev–Trinajstić information content (AvgIpc) is 3.38. The first-order valence-corrected chi connectivity index (χ1v) is 10.3. The molecule has 0 aliphatic rings. The molecule has 1 unspecified atom stereocenters. The third-order valence-electron chi connectivity index (χ3n) is 4.25. The Morgan fingerprint density at radius 1 is 1.11 bits per heavy atom. The zero-order valence-corrected chi connectivity index (χ0v) is 17.2. The molecule has 28 heavy (non-hydrogen) atoms. The zero-order chi connectivity index (χ0) is 19.3. The minimum Gasteiger partial charge on any atom is -0.365 e. The van der Waals surface area contributed by atoms with Crippen LogP contribution in [0.25, 0.3) is 10.6 Å². The van der Waals surface area contributed by atoms with E-state index < -0.39 is 0 Å². The van der Waals surface area contributed by atoms with Crippen LogP contribution in [0.1, 0.15) is 17.4 Å². The number of benzene rings is 2. The Morgan fingerprint density at radius 3 is 2.71 bits per heavy atom. The number of hydrogen-bond acceptors (Lipinski definition) is 4. The number of rotatable bonds is 7. The molecule has 1 atom stereocenters. The fourth-order valence-corrected chi connectivity index (χ4v) is 4.20. The van der Waals surface area contributed by atoms with Crippen molar-refractivity contribution in [2.75, 3.05) is 0 Å². The Labute approximate surface area is 177 Å². The van der Waals surface area contributed by atoms with Crippen LogP contribution in [-0.2, 0) is 17.9 Å². The van der Waals surface area contributed by atoms with E-state index in [0.717, 1.165) is 21.8 Å². The molecule has 0 N–H and O–H groups in total. The van der Waals surface area contributed by atoms with Gasteiger partial charge in [-0.15, -0.1) is 11.3 Å². The molecular weight excluding hydrogens is 413 g/mol. The van der Waals surface area contributed by atoms with Gasteiger partial charge in [0.2, 0.25) is 0 Å². The number of imidazole rings is 1. The lowest BCUT2D eigenvalue weighted by atomic mass is 10.1. The van der Waals surface area contributed by atoms with Gasteiger partial charge in [0.1, 0.15) is 11.1 Å². The van der Waals surface area contributed by atoms with Gasteiger partial charge in [-0.05, 0) is 12.1 Å². The number of ether oxygens (including phenoxy) is 1. The molecule has 0 amide bonds. The predicted octanol–water partition coefficient (Wildman–Crippen LogP) is 6.27. The highest BCUT2D eigenvalue weighted by molar-refractivity contribution is 7.13. The third-order valence-corrected chi connectivity index (χ3v) is 5.75. The molecule has 0 saturated heterocycles. The van der Waals surface area contributed by atoms with Crippen LogP contribution in [0.2, 0.25) is 10.0 Å². The Hall–Kier alpha value is -2.18. The molecule has 2 heterocycles. The molecule has 0 radical (unpaired) electrons. The van der Waals surface area contributed by atoms with Gasteiger partial charge in [-0.3, -0.25) is 0 Å². The van der Waals surface area contributed by atoms with E-state index in [1.807, 2.05) is 46.5 Å². The highest BCUT2D eigenvalue weighted by Gasteiger charge is 2.18. The largest absolute Gasteiger partial charge is 0.365 e. The van der Waals surface area contributed by atoms with Crippen molar-refractivity contribution >= 4 is 34.5 Å². The summed E-state index contributed by atoms with van der Waals surface area (Å²) in [6.07, 6.45) is 5.15. The van der Waals surface area contributed by atoms with Crippen LogP contribution in [0.4, 0.5) is 0 Å². The molecular formula is C21H17Cl2N3OS. The normalized spacial score (nSPS) is 12.2. The molecule has 4 aromatic rings. The van der Waals surface area contributed by atoms with E-state index in [4.69, 9.17) is 32.9 Å². The summed E-state index contributed by atoms with van der Waals surface area (Å²) in [7, 11) is 0. The fraction of sp³-hybridized carbons (Fsp3) is 0.143. The maximum absolute atomic E-state index is 6.43. The van der Waals surface area contributed by atoms with E-state index in [0.29, 0.717) is 23.2 Å². The summed E-state index contributed by atoms with van der Waals surface area (Å²) >= 11 is 14.1. The maximum Gasteiger partial charge on any atom is 0.123 e. The second kappa shape index (κ2) is 8.88. The van der Waals surface area contributed by atoms with Crippen molar-refractivity contribution < 1.29 is 4.74 Å². The van der Waals surface area contributed by atoms with E-state index in [1.165, 1.54) is 0 Å². The van der Waals surface area contributed by atoms with Gasteiger partial charge in [0.05, 0.1) is 25.2 Å². The molecule has 0 spiro atoms. The summed E-state index contributed by atoms with van der Waals surface area (Å²) in [6, 6.07) is 15.6. The van der Waals surface area contributed by atoms with Gasteiger partial charge in [0.25, 0.3) is 0 Å². The summed E-state index contributed by atoms with van der Waals surface area (Å²) in [6.45, 7) is 0.985. The molecule has 4 nitrogen and oxygen atoms in total. The van der Waals surface area contributed by atoms with Gasteiger partial charge in [-0.1, -0.05) is 59.6 Å². The third kappa shape index (κ3) is 4.62. The first kappa shape index (κ1) is 19.2. The Bertz CT molecular complexity index is 1040. The molecule has 142 valence electrons. The molecule has 2 aromatic heterocycles. The quantitative estimate of drug-likeness (QED) is 0.347. The Morgan fingerprint density at radius 2 is 1.96 bits per heavy atom. The number of nitrogens with zero attached hydrogens (tertiary/aromatic N) is 3. The van der Waals surface area contributed by atoms with Gasteiger partial charge in [-0.25, -0.2) is 9.97 Å². The van der Waals surface area contributed by atoms with Crippen LogP contribution in [-0.4, -0.2) is 14.5 Å². The van der Waals surface area contributed by atoms with Crippen molar-refractivity contribution in [1.82, 2.24) is 14.5 Å². The molecule has 0 bridgehead atoms. The van der Waals surface area contributed by atoms with Gasteiger partial charge in [0, 0.05) is 38.9 Å². The van der Waals surface area contributed by atoms with Crippen LogP contribution in [0.5, 0.6) is 0 Å². The number of hydrogen-bond donors (Lipinski definition) is 0. The lowest BCUT2D eigenvalue weighted by Crippen LogP contribution is -2.12. The molecule has 2 aromatic carbocycles. The summed E-state index contributed by atoms with van der Waals surface area (Å²) < 4.78 is 8.19. The molecule has 0 aliphatic heterocycles. The van der Waals surface area contributed by atoms with Crippen LogP contribution in [0.15, 0.2) is 72.6 Å². The molecule has 0 saturated carbocycles. The van der Waals surface area contributed by atoms with Gasteiger partial charge in [-0.2, -0.15) is 0 Å². The molecule has 0 fully saturated rings. The predicted molar refractivity (Wildman–Crippen MR) is 114 cm³/mol. The SMILES string of the molecule is Clc1ccc(C(Cn2ccnc2)OCc2csc(-c3ccccc3)n2)c(Cl)c1. The van der Waals surface area contributed by atoms with Crippen molar-refractivity contribution in [3.05, 3.63) is 93.9 Å². The highest BCUT2D eigenvalue weighted by atomic mass is 35.5. The van der Waals surface area contributed by atoms with Crippen LogP contribution in [0, 0.1) is 0 Å². The van der Waals surface area contributed by atoms with Gasteiger partial charge >= 0.3 is 0 Å². The van der Waals surface area contributed by atoms with Gasteiger partial charge in [0.15, 0.2) is 0 Å². The minimum atomic E-state index is -0.249. The maximum atomic E-state index is 6.43. The van der Waals surface area contributed by atoms with Crippen LogP contribution < -0.4 is 0 Å². The van der Waals surface area contributed by atoms with E-state index in [-0.39, 0.29) is 6.10 Å². The smallest absolute Gasteiger partial charge is 0.123 e. The zero-order valence-electron chi connectivity index (χ0n) is 14.8. The molecule has 4 rings (SSSR count). The van der Waals surface area contributed by atoms with E-state index >= 15 is 0 Å². The first-order chi connectivity index (χ1) is 13.7. The summed E-state index contributed by atoms with van der Waals surface area (Å²) in [5.41, 5.74) is 2.89. The molecule has 7 heteroatoms. The summed E-state index contributed by atoms with van der Waals surface area (Å²) in [4.78, 5) is 8.80. The molecule has 0 aliphatic carbocycles. The van der Waals surface area contributed by atoms with Crippen LogP contribution in [0.3, 0.4) is 0 Å². The minimum absolute atomic E-state index is 0.249. The first-order valence-electron chi connectivity index (χ1n) is 8.71. The van der Waals surface area contributed by atoms with Crippen molar-refractivity contribution in [3.8, 4) is 10.6 Å². The second-order valence-electron chi connectivity index (χ2n) is 6.23. The topological polar surface area (TPSA) is 39.9 Å². The number of halogens is 2. The Balaban J connectivity index is 1.52.